The third-order valence-corrected chi connectivity index (χ3v) is 7.08. The highest BCUT2D eigenvalue weighted by Crippen LogP contribution is 2.28. The van der Waals surface area contributed by atoms with E-state index in [-0.39, 0.29) is 17.4 Å². The Hall–Kier alpha value is -3.49. The van der Waals surface area contributed by atoms with Crippen molar-refractivity contribution in [2.75, 3.05) is 0 Å². The summed E-state index contributed by atoms with van der Waals surface area (Å²) in [4.78, 5) is 25.1. The molecule has 0 radical (unpaired) electrons. The van der Waals surface area contributed by atoms with Gasteiger partial charge in [0.2, 0.25) is 10.0 Å². The topological polar surface area (TPSA) is 103 Å². The zero-order valence-electron chi connectivity index (χ0n) is 19.1. The molecule has 0 saturated heterocycles. The maximum atomic E-state index is 13.0. The number of ether oxygens (including phenoxy) is 1. The van der Waals surface area contributed by atoms with Gasteiger partial charge in [-0.2, -0.15) is 4.72 Å². The molecule has 0 aliphatic heterocycles. The van der Waals surface area contributed by atoms with E-state index in [1.54, 1.807) is 32.0 Å². The highest BCUT2D eigenvalue weighted by atomic mass is 32.2. The highest BCUT2D eigenvalue weighted by Gasteiger charge is 2.30. The van der Waals surface area contributed by atoms with Crippen molar-refractivity contribution in [2.45, 2.75) is 38.3 Å². The second-order valence-corrected chi connectivity index (χ2v) is 10.2. The van der Waals surface area contributed by atoms with Crippen LogP contribution in [-0.4, -0.2) is 20.4 Å². The van der Waals surface area contributed by atoms with Crippen LogP contribution in [0.3, 0.4) is 0 Å². The number of rotatable bonds is 7. The maximum Gasteiger partial charge on any atom is 0.336 e. The van der Waals surface area contributed by atoms with Gasteiger partial charge < -0.3 is 9.15 Å². The van der Waals surface area contributed by atoms with Crippen LogP contribution in [0.2, 0.25) is 0 Å². The predicted octanol–water partition coefficient (Wildman–Crippen LogP) is 4.30. The molecule has 3 aromatic carbocycles. The molecule has 0 fully saturated rings. The van der Waals surface area contributed by atoms with E-state index >= 15 is 0 Å². The van der Waals surface area contributed by atoms with Crippen LogP contribution in [0.25, 0.3) is 21.7 Å². The molecular formula is C26H25NO6S. The van der Waals surface area contributed by atoms with Gasteiger partial charge in [-0.3, -0.25) is 4.79 Å². The number of benzene rings is 3. The fourth-order valence-electron chi connectivity index (χ4n) is 3.78. The minimum absolute atomic E-state index is 0.0645. The van der Waals surface area contributed by atoms with E-state index in [0.29, 0.717) is 16.5 Å². The van der Waals surface area contributed by atoms with Gasteiger partial charge in [-0.05, 0) is 41.8 Å². The number of esters is 1. The molecule has 8 heteroatoms. The number of hydrogen-bond acceptors (Lipinski definition) is 6. The summed E-state index contributed by atoms with van der Waals surface area (Å²) in [5.41, 5.74) is 1.23. The lowest BCUT2D eigenvalue weighted by Gasteiger charge is -2.21. The van der Waals surface area contributed by atoms with Gasteiger partial charge in [0.25, 0.3) is 0 Å². The molecule has 7 nitrogen and oxygen atoms in total. The normalized spacial score (nSPS) is 12.8. The van der Waals surface area contributed by atoms with Gasteiger partial charge in [0.1, 0.15) is 18.2 Å². The van der Waals surface area contributed by atoms with Gasteiger partial charge >= 0.3 is 11.6 Å². The zero-order valence-corrected chi connectivity index (χ0v) is 19.9. The lowest BCUT2D eigenvalue weighted by atomic mass is 10.0. The lowest BCUT2D eigenvalue weighted by molar-refractivity contribution is -0.148. The Bertz CT molecular complexity index is 1520. The second-order valence-electron chi connectivity index (χ2n) is 8.51. The molecule has 0 bridgehead atoms. The first-order valence-corrected chi connectivity index (χ1v) is 12.3. The SMILES string of the molecule is Cc1ccc(S(=O)(=O)N[C@@H](C(=O)OCc2cc(=O)oc3ccc4ccccc4c23)C(C)C)cc1. The van der Waals surface area contributed by atoms with Crippen molar-refractivity contribution >= 4 is 37.7 Å². The van der Waals surface area contributed by atoms with Crippen molar-refractivity contribution in [3.05, 3.63) is 88.3 Å². The molecule has 0 amide bonds. The molecule has 176 valence electrons. The van der Waals surface area contributed by atoms with Gasteiger partial charge in [0, 0.05) is 17.0 Å². The minimum Gasteiger partial charge on any atom is -0.460 e. The maximum absolute atomic E-state index is 13.0. The third kappa shape index (κ3) is 4.88. The number of sulfonamides is 1. The van der Waals surface area contributed by atoms with E-state index in [9.17, 15) is 18.0 Å². The summed E-state index contributed by atoms with van der Waals surface area (Å²) < 4.78 is 39.0. The number of hydrogen-bond donors (Lipinski definition) is 1. The first-order valence-electron chi connectivity index (χ1n) is 10.9. The molecule has 4 aromatic rings. The van der Waals surface area contributed by atoms with Crippen molar-refractivity contribution in [1.29, 1.82) is 0 Å². The van der Waals surface area contributed by atoms with Crippen LogP contribution in [0.5, 0.6) is 0 Å². The van der Waals surface area contributed by atoms with Gasteiger partial charge in [0.15, 0.2) is 0 Å². The monoisotopic (exact) mass is 479 g/mol. The molecule has 1 aromatic heterocycles. The van der Waals surface area contributed by atoms with E-state index in [1.807, 2.05) is 37.3 Å². The van der Waals surface area contributed by atoms with Crippen molar-refractivity contribution in [1.82, 2.24) is 4.72 Å². The molecule has 34 heavy (non-hydrogen) atoms. The van der Waals surface area contributed by atoms with E-state index in [1.165, 1.54) is 18.2 Å². The Morgan fingerprint density at radius 1 is 1.03 bits per heavy atom. The van der Waals surface area contributed by atoms with E-state index in [4.69, 9.17) is 9.15 Å². The summed E-state index contributed by atoms with van der Waals surface area (Å²) >= 11 is 0. The van der Waals surface area contributed by atoms with Gasteiger partial charge in [-0.1, -0.05) is 61.9 Å². The van der Waals surface area contributed by atoms with Gasteiger partial charge in [0.05, 0.1) is 4.90 Å². The molecule has 0 aliphatic carbocycles. The third-order valence-electron chi connectivity index (χ3n) is 5.62. The van der Waals surface area contributed by atoms with E-state index in [0.717, 1.165) is 16.3 Å². The molecular weight excluding hydrogens is 454 g/mol. The van der Waals surface area contributed by atoms with Crippen LogP contribution in [0, 0.1) is 12.8 Å². The Kier molecular flexibility index (Phi) is 6.54. The van der Waals surface area contributed by atoms with Crippen LogP contribution in [0.1, 0.15) is 25.0 Å². The molecule has 4 rings (SSSR count). The first-order chi connectivity index (χ1) is 16.2. The van der Waals surface area contributed by atoms with E-state index in [2.05, 4.69) is 4.72 Å². The zero-order chi connectivity index (χ0) is 24.5. The highest BCUT2D eigenvalue weighted by molar-refractivity contribution is 7.89. The van der Waals surface area contributed by atoms with Crippen molar-refractivity contribution < 1.29 is 22.4 Å². The standard InChI is InChI=1S/C26H25NO6S/c1-16(2)25(27-34(30,31)20-11-8-17(3)9-12-20)26(29)32-15-19-14-23(28)33-22-13-10-18-6-4-5-7-21(18)24(19)22/h4-14,16,25,27H,15H2,1-3H3/t25-/m1/s1. The Labute approximate surface area is 197 Å². The van der Waals surface area contributed by atoms with Crippen LogP contribution in [0.4, 0.5) is 0 Å². The quantitative estimate of drug-likeness (QED) is 0.241. The molecule has 1 atom stereocenters. The van der Waals surface area contributed by atoms with Crippen molar-refractivity contribution in [3.8, 4) is 0 Å². The Morgan fingerprint density at radius 2 is 1.74 bits per heavy atom. The minimum atomic E-state index is -3.94. The van der Waals surface area contributed by atoms with Gasteiger partial charge in [-0.25, -0.2) is 13.2 Å². The lowest BCUT2D eigenvalue weighted by Crippen LogP contribution is -2.45. The van der Waals surface area contributed by atoms with Crippen LogP contribution in [0.15, 0.2) is 80.8 Å². The van der Waals surface area contributed by atoms with Crippen LogP contribution < -0.4 is 10.3 Å². The fraction of sp³-hybridized carbons (Fsp3) is 0.231. The Balaban J connectivity index is 1.61. The average molecular weight is 480 g/mol. The molecule has 1 N–H and O–H groups in total. The fourth-order valence-corrected chi connectivity index (χ4v) is 5.11. The predicted molar refractivity (Wildman–Crippen MR) is 130 cm³/mol. The summed E-state index contributed by atoms with van der Waals surface area (Å²) in [7, 11) is -3.94. The average Bonchev–Trinajstić information content (AvgIpc) is 2.80. The number of carbonyl (C=O) groups is 1. The van der Waals surface area contributed by atoms with Gasteiger partial charge in [-0.15, -0.1) is 0 Å². The summed E-state index contributed by atoms with van der Waals surface area (Å²) in [6, 6.07) is 17.7. The molecule has 1 heterocycles. The first kappa shape index (κ1) is 23.7. The second kappa shape index (κ2) is 9.40. The number of aryl methyl sites for hydroxylation is 1. The molecule has 0 unspecified atom stereocenters. The van der Waals surface area contributed by atoms with Crippen LogP contribution in [-0.2, 0) is 26.2 Å². The molecule has 0 saturated carbocycles. The summed E-state index contributed by atoms with van der Waals surface area (Å²) in [5.74, 6) is -1.10. The number of fused-ring (bicyclic) bond motifs is 3. The Morgan fingerprint density at radius 3 is 2.44 bits per heavy atom. The summed E-state index contributed by atoms with van der Waals surface area (Å²) in [6.07, 6.45) is 0. The summed E-state index contributed by atoms with van der Waals surface area (Å²) in [5, 5.41) is 2.48. The number of nitrogens with one attached hydrogen (secondary N) is 1. The van der Waals surface area contributed by atoms with Crippen LogP contribution >= 0.6 is 0 Å². The molecule has 0 spiro atoms. The smallest absolute Gasteiger partial charge is 0.336 e. The summed E-state index contributed by atoms with van der Waals surface area (Å²) in [6.45, 7) is 5.10. The number of carbonyl (C=O) groups excluding carboxylic acids is 1. The van der Waals surface area contributed by atoms with E-state index < -0.39 is 27.7 Å². The van der Waals surface area contributed by atoms with Crippen molar-refractivity contribution in [2.24, 2.45) is 5.92 Å². The molecule has 0 aliphatic rings. The van der Waals surface area contributed by atoms with Crippen molar-refractivity contribution in [3.63, 3.8) is 0 Å². The largest absolute Gasteiger partial charge is 0.460 e.